The number of carbonyl (C=O) groups excluding carboxylic acids is 2. The van der Waals surface area contributed by atoms with E-state index in [1.54, 1.807) is 19.9 Å². The van der Waals surface area contributed by atoms with Gasteiger partial charge in [0.1, 0.15) is 11.2 Å². The average molecular weight is 362 g/mol. The molecule has 0 bridgehead atoms. The molecule has 2 amide bonds. The molecule has 1 heterocycles. The van der Waals surface area contributed by atoms with Crippen LogP contribution in [-0.4, -0.2) is 22.3 Å². The Balaban J connectivity index is 1.68. The predicted octanol–water partition coefficient (Wildman–Crippen LogP) is 3.07. The van der Waals surface area contributed by atoms with Crippen LogP contribution in [0.3, 0.4) is 0 Å². The summed E-state index contributed by atoms with van der Waals surface area (Å²) in [6.07, 6.45) is 3.88. The second kappa shape index (κ2) is 7.20. The van der Waals surface area contributed by atoms with Crippen molar-refractivity contribution in [3.8, 4) is 6.07 Å². The van der Waals surface area contributed by atoms with Gasteiger partial charge in [0.2, 0.25) is 5.91 Å². The SMILES string of the molecule is CC(C)(C#N)NC(=O)c1cc(NC(=O)C2(Cc3ccccc3)CC2)ccn1. The molecule has 0 atom stereocenters. The molecule has 0 unspecified atom stereocenters. The van der Waals surface area contributed by atoms with Crippen molar-refractivity contribution >= 4 is 17.5 Å². The lowest BCUT2D eigenvalue weighted by molar-refractivity contribution is -0.121. The molecule has 1 aliphatic rings. The lowest BCUT2D eigenvalue weighted by atomic mass is 9.95. The first-order valence-electron chi connectivity index (χ1n) is 8.89. The third-order valence-corrected chi connectivity index (χ3v) is 4.68. The first-order chi connectivity index (χ1) is 12.8. The Morgan fingerprint density at radius 3 is 2.56 bits per heavy atom. The number of hydrogen-bond acceptors (Lipinski definition) is 4. The molecule has 3 rings (SSSR count). The number of anilines is 1. The molecule has 27 heavy (non-hydrogen) atoms. The van der Waals surface area contributed by atoms with Gasteiger partial charge < -0.3 is 10.6 Å². The van der Waals surface area contributed by atoms with Crippen LogP contribution in [0.4, 0.5) is 5.69 Å². The van der Waals surface area contributed by atoms with Gasteiger partial charge in [0, 0.05) is 11.9 Å². The van der Waals surface area contributed by atoms with Gasteiger partial charge in [-0.25, -0.2) is 0 Å². The predicted molar refractivity (Wildman–Crippen MR) is 102 cm³/mol. The van der Waals surface area contributed by atoms with E-state index in [2.05, 4.69) is 15.6 Å². The van der Waals surface area contributed by atoms with Crippen LogP contribution in [0.15, 0.2) is 48.7 Å². The minimum atomic E-state index is -0.994. The van der Waals surface area contributed by atoms with Crippen molar-refractivity contribution in [1.82, 2.24) is 10.3 Å². The highest BCUT2D eigenvalue weighted by Gasteiger charge is 2.49. The molecule has 2 N–H and O–H groups in total. The highest BCUT2D eigenvalue weighted by molar-refractivity contribution is 5.99. The smallest absolute Gasteiger partial charge is 0.271 e. The van der Waals surface area contributed by atoms with E-state index < -0.39 is 11.4 Å². The lowest BCUT2D eigenvalue weighted by Crippen LogP contribution is -2.42. The van der Waals surface area contributed by atoms with Gasteiger partial charge in [-0.05, 0) is 50.8 Å². The van der Waals surface area contributed by atoms with Gasteiger partial charge in [-0.2, -0.15) is 5.26 Å². The number of pyridine rings is 1. The first-order valence-corrected chi connectivity index (χ1v) is 8.89. The third kappa shape index (κ3) is 4.50. The number of rotatable bonds is 6. The van der Waals surface area contributed by atoms with Crippen molar-refractivity contribution in [3.05, 3.63) is 59.9 Å². The molecule has 6 heteroatoms. The highest BCUT2D eigenvalue weighted by Crippen LogP contribution is 2.49. The zero-order valence-corrected chi connectivity index (χ0v) is 15.5. The normalized spacial score (nSPS) is 14.7. The summed E-state index contributed by atoms with van der Waals surface area (Å²) < 4.78 is 0. The number of nitriles is 1. The maximum atomic E-state index is 12.8. The standard InChI is InChI=1S/C21H22N4O2/c1-20(2,14-22)25-18(26)17-12-16(8-11-23-17)24-19(27)21(9-10-21)13-15-6-4-3-5-7-15/h3-8,11-12H,9-10,13H2,1-2H3,(H,25,26)(H,23,24,27). The van der Waals surface area contributed by atoms with E-state index in [0.29, 0.717) is 12.1 Å². The van der Waals surface area contributed by atoms with Crippen molar-refractivity contribution in [3.63, 3.8) is 0 Å². The Labute approximate surface area is 158 Å². The van der Waals surface area contributed by atoms with E-state index in [0.717, 1.165) is 18.4 Å². The largest absolute Gasteiger partial charge is 0.333 e. The van der Waals surface area contributed by atoms with Crippen LogP contribution in [0, 0.1) is 16.7 Å². The summed E-state index contributed by atoms with van der Waals surface area (Å²) >= 11 is 0. The van der Waals surface area contributed by atoms with Crippen molar-refractivity contribution in [1.29, 1.82) is 5.26 Å². The fraction of sp³-hybridized carbons (Fsp3) is 0.333. The molecular formula is C21H22N4O2. The van der Waals surface area contributed by atoms with Crippen LogP contribution in [0.5, 0.6) is 0 Å². The molecule has 2 aromatic rings. The summed E-state index contributed by atoms with van der Waals surface area (Å²) in [4.78, 5) is 29.1. The van der Waals surface area contributed by atoms with Gasteiger partial charge in [-0.15, -0.1) is 0 Å². The van der Waals surface area contributed by atoms with E-state index in [1.165, 1.54) is 12.3 Å². The van der Waals surface area contributed by atoms with Crippen LogP contribution in [0.25, 0.3) is 0 Å². The molecule has 138 valence electrons. The maximum absolute atomic E-state index is 12.8. The summed E-state index contributed by atoms with van der Waals surface area (Å²) in [5.41, 5.74) is 0.443. The zero-order valence-electron chi connectivity index (χ0n) is 15.5. The summed E-state index contributed by atoms with van der Waals surface area (Å²) in [7, 11) is 0. The molecule has 0 saturated heterocycles. The molecule has 1 aromatic carbocycles. The molecule has 0 spiro atoms. The van der Waals surface area contributed by atoms with Gasteiger partial charge >= 0.3 is 0 Å². The fourth-order valence-electron chi connectivity index (χ4n) is 2.89. The Kier molecular flexibility index (Phi) is 4.95. The van der Waals surface area contributed by atoms with Gasteiger partial charge in [-0.1, -0.05) is 30.3 Å². The number of benzene rings is 1. The number of nitrogens with zero attached hydrogens (tertiary/aromatic N) is 2. The van der Waals surface area contributed by atoms with E-state index in [-0.39, 0.29) is 17.0 Å². The summed E-state index contributed by atoms with van der Waals surface area (Å²) in [5, 5.41) is 14.6. The van der Waals surface area contributed by atoms with Crippen molar-refractivity contribution < 1.29 is 9.59 Å². The number of carbonyl (C=O) groups is 2. The first kappa shape index (κ1) is 18.6. The molecule has 6 nitrogen and oxygen atoms in total. The number of amides is 2. The summed E-state index contributed by atoms with van der Waals surface area (Å²) in [6.45, 7) is 3.22. The van der Waals surface area contributed by atoms with E-state index in [4.69, 9.17) is 5.26 Å². The minimum Gasteiger partial charge on any atom is -0.333 e. The number of aromatic nitrogens is 1. The van der Waals surface area contributed by atoms with Crippen LogP contribution in [0.1, 0.15) is 42.7 Å². The Morgan fingerprint density at radius 2 is 1.93 bits per heavy atom. The third-order valence-electron chi connectivity index (χ3n) is 4.68. The van der Waals surface area contributed by atoms with Crippen LogP contribution >= 0.6 is 0 Å². The second-order valence-corrected chi connectivity index (χ2v) is 7.52. The Bertz CT molecular complexity index is 896. The molecular weight excluding hydrogens is 340 g/mol. The zero-order chi connectivity index (χ0) is 19.5. The van der Waals surface area contributed by atoms with Crippen LogP contribution in [-0.2, 0) is 11.2 Å². The maximum Gasteiger partial charge on any atom is 0.271 e. The number of nitrogens with one attached hydrogen (secondary N) is 2. The minimum absolute atomic E-state index is 0.0405. The lowest BCUT2D eigenvalue weighted by Gasteiger charge is -2.18. The Morgan fingerprint density at radius 1 is 1.22 bits per heavy atom. The van der Waals surface area contributed by atoms with Crippen molar-refractivity contribution in [2.75, 3.05) is 5.32 Å². The molecule has 0 aliphatic heterocycles. The van der Waals surface area contributed by atoms with Gasteiger partial charge in [-0.3, -0.25) is 14.6 Å². The van der Waals surface area contributed by atoms with E-state index in [9.17, 15) is 9.59 Å². The molecule has 1 aromatic heterocycles. The highest BCUT2D eigenvalue weighted by atomic mass is 16.2. The average Bonchev–Trinajstić information content (AvgIpc) is 3.43. The Hall–Kier alpha value is -3.20. The fourth-order valence-corrected chi connectivity index (χ4v) is 2.89. The summed E-state index contributed by atoms with van der Waals surface area (Å²) in [6, 6.07) is 15.1. The second-order valence-electron chi connectivity index (χ2n) is 7.52. The van der Waals surface area contributed by atoms with Crippen LogP contribution in [0.2, 0.25) is 0 Å². The molecule has 1 saturated carbocycles. The van der Waals surface area contributed by atoms with Crippen molar-refractivity contribution in [2.24, 2.45) is 5.41 Å². The quantitative estimate of drug-likeness (QED) is 0.825. The molecule has 1 fully saturated rings. The van der Waals surface area contributed by atoms with Gasteiger partial charge in [0.15, 0.2) is 0 Å². The van der Waals surface area contributed by atoms with Gasteiger partial charge in [0.05, 0.1) is 11.5 Å². The molecule has 0 radical (unpaired) electrons. The number of hydrogen-bond donors (Lipinski definition) is 2. The van der Waals surface area contributed by atoms with Gasteiger partial charge in [0.25, 0.3) is 5.91 Å². The van der Waals surface area contributed by atoms with E-state index in [1.807, 2.05) is 36.4 Å². The topological polar surface area (TPSA) is 94.9 Å². The van der Waals surface area contributed by atoms with Crippen LogP contribution < -0.4 is 10.6 Å². The monoisotopic (exact) mass is 362 g/mol. The van der Waals surface area contributed by atoms with E-state index >= 15 is 0 Å². The summed E-state index contributed by atoms with van der Waals surface area (Å²) in [5.74, 6) is -0.496. The van der Waals surface area contributed by atoms with Crippen molar-refractivity contribution in [2.45, 2.75) is 38.6 Å². The molecule has 1 aliphatic carbocycles.